The van der Waals surface area contributed by atoms with Crippen LogP contribution in [-0.2, 0) is 14.8 Å². The lowest BCUT2D eigenvalue weighted by atomic mass is 9.93. The molecule has 0 radical (unpaired) electrons. The van der Waals surface area contributed by atoms with Crippen molar-refractivity contribution in [1.29, 1.82) is 0 Å². The van der Waals surface area contributed by atoms with Crippen LogP contribution in [0.2, 0.25) is 0 Å². The van der Waals surface area contributed by atoms with Gasteiger partial charge in [-0.15, -0.1) is 0 Å². The van der Waals surface area contributed by atoms with E-state index in [0.29, 0.717) is 23.5 Å². The van der Waals surface area contributed by atoms with Crippen molar-refractivity contribution in [3.8, 4) is 5.75 Å². The largest absolute Gasteiger partial charge is 0.490 e. The zero-order chi connectivity index (χ0) is 20.7. The summed E-state index contributed by atoms with van der Waals surface area (Å²) < 4.78 is 47.1. The number of amides is 1. The Morgan fingerprint density at radius 2 is 1.93 bits per heavy atom. The zero-order valence-corrected chi connectivity index (χ0v) is 17.1. The Bertz CT molecular complexity index is 1030. The monoisotopic (exact) mass is 406 g/mol. The first-order valence-electron chi connectivity index (χ1n) is 8.93. The number of nitrogens with zero attached hydrogens (tertiary/aromatic N) is 1. The van der Waals surface area contributed by atoms with Crippen LogP contribution in [0.25, 0.3) is 0 Å². The fourth-order valence-corrected chi connectivity index (χ4v) is 4.42. The molecule has 8 heteroatoms. The smallest absolute Gasteiger partial charge is 0.262 e. The van der Waals surface area contributed by atoms with E-state index in [0.717, 1.165) is 6.07 Å². The van der Waals surface area contributed by atoms with Crippen molar-refractivity contribution in [1.82, 2.24) is 0 Å². The van der Waals surface area contributed by atoms with Gasteiger partial charge in [0.05, 0.1) is 21.7 Å². The normalized spacial score (nSPS) is 16.2. The maximum absolute atomic E-state index is 13.3. The fraction of sp³-hybridized carbons (Fsp3) is 0.350. The molecule has 0 bridgehead atoms. The van der Waals surface area contributed by atoms with Gasteiger partial charge in [0.1, 0.15) is 18.2 Å². The maximum Gasteiger partial charge on any atom is 0.262 e. The summed E-state index contributed by atoms with van der Waals surface area (Å²) in [5, 5.41) is 0. The average molecular weight is 406 g/mol. The summed E-state index contributed by atoms with van der Waals surface area (Å²) in [5.74, 6) is -0.0804. The maximum atomic E-state index is 13.3. The van der Waals surface area contributed by atoms with Crippen LogP contribution < -0.4 is 14.4 Å². The van der Waals surface area contributed by atoms with Crippen LogP contribution in [0.1, 0.15) is 26.3 Å². The molecule has 28 heavy (non-hydrogen) atoms. The predicted molar refractivity (Wildman–Crippen MR) is 106 cm³/mol. The number of hydrogen-bond donors (Lipinski definition) is 1. The summed E-state index contributed by atoms with van der Waals surface area (Å²) in [6.07, 6.45) is 0. The highest BCUT2D eigenvalue weighted by Crippen LogP contribution is 2.38. The van der Waals surface area contributed by atoms with E-state index < -0.39 is 21.3 Å². The molecule has 0 saturated heterocycles. The number of benzene rings is 2. The van der Waals surface area contributed by atoms with E-state index in [1.54, 1.807) is 23.1 Å². The molecule has 1 amide bonds. The van der Waals surface area contributed by atoms with Crippen molar-refractivity contribution in [2.45, 2.75) is 32.6 Å². The highest BCUT2D eigenvalue weighted by atomic mass is 32.2. The second-order valence-electron chi connectivity index (χ2n) is 7.42. The number of nitrogens with one attached hydrogen (secondary N) is 1. The first kappa shape index (κ1) is 20.1. The number of fused-ring (bicyclic) bond motifs is 1. The summed E-state index contributed by atoms with van der Waals surface area (Å²) in [6, 6.07) is 8.29. The Morgan fingerprint density at radius 3 is 2.57 bits per heavy atom. The highest BCUT2D eigenvalue weighted by molar-refractivity contribution is 7.92. The van der Waals surface area contributed by atoms with Crippen LogP contribution in [-0.4, -0.2) is 27.5 Å². The molecular weight excluding hydrogens is 383 g/mol. The first-order valence-corrected chi connectivity index (χ1v) is 10.4. The highest BCUT2D eigenvalue weighted by Gasteiger charge is 2.37. The molecule has 150 valence electrons. The molecule has 0 saturated carbocycles. The second kappa shape index (κ2) is 7.09. The van der Waals surface area contributed by atoms with Gasteiger partial charge in [-0.3, -0.25) is 9.52 Å². The third kappa shape index (κ3) is 3.69. The summed E-state index contributed by atoms with van der Waals surface area (Å²) in [5.41, 5.74) is 0.406. The van der Waals surface area contributed by atoms with E-state index in [1.807, 2.05) is 20.8 Å². The van der Waals surface area contributed by atoms with E-state index in [9.17, 15) is 17.6 Å². The zero-order valence-electron chi connectivity index (χ0n) is 16.2. The molecule has 1 aliphatic rings. The molecular formula is C20H23FN2O4S. The molecule has 3 rings (SSSR count). The molecule has 0 aromatic heterocycles. The van der Waals surface area contributed by atoms with Gasteiger partial charge in [0.25, 0.3) is 10.0 Å². The van der Waals surface area contributed by atoms with Gasteiger partial charge in [-0.25, -0.2) is 12.8 Å². The van der Waals surface area contributed by atoms with Crippen LogP contribution in [0.3, 0.4) is 0 Å². The second-order valence-corrected chi connectivity index (χ2v) is 9.07. The van der Waals surface area contributed by atoms with Crippen LogP contribution in [0.4, 0.5) is 15.8 Å². The van der Waals surface area contributed by atoms with Gasteiger partial charge < -0.3 is 9.64 Å². The average Bonchev–Trinajstić information content (AvgIpc) is 2.69. The molecule has 1 heterocycles. The first-order chi connectivity index (χ1) is 13.0. The minimum Gasteiger partial charge on any atom is -0.490 e. The van der Waals surface area contributed by atoms with Gasteiger partial charge in [-0.2, -0.15) is 0 Å². The summed E-state index contributed by atoms with van der Waals surface area (Å²) in [4.78, 5) is 14.4. The Morgan fingerprint density at radius 1 is 1.21 bits per heavy atom. The van der Waals surface area contributed by atoms with Gasteiger partial charge in [-0.1, -0.05) is 0 Å². The third-order valence-corrected chi connectivity index (χ3v) is 6.20. The molecule has 1 N–H and O–H groups in total. The van der Waals surface area contributed by atoms with Crippen molar-refractivity contribution in [2.75, 3.05) is 22.8 Å². The van der Waals surface area contributed by atoms with Crippen LogP contribution in [0.5, 0.6) is 5.75 Å². The molecule has 0 fully saturated rings. The lowest BCUT2D eigenvalue weighted by Gasteiger charge is -2.27. The third-order valence-electron chi connectivity index (χ3n) is 4.66. The minimum absolute atomic E-state index is 0.00958. The Kier molecular flexibility index (Phi) is 5.10. The molecule has 6 nitrogen and oxygen atoms in total. The number of ether oxygens (including phenoxy) is 1. The number of sulfonamides is 1. The molecule has 2 aromatic carbocycles. The number of anilines is 2. The predicted octanol–water partition coefficient (Wildman–Crippen LogP) is 3.71. The molecule has 0 unspecified atom stereocenters. The Labute approximate surface area is 164 Å². The van der Waals surface area contributed by atoms with Crippen LogP contribution >= 0.6 is 0 Å². The topological polar surface area (TPSA) is 75.7 Å². The molecule has 2 aromatic rings. The molecule has 1 aliphatic heterocycles. The summed E-state index contributed by atoms with van der Waals surface area (Å²) >= 11 is 0. The Hall–Kier alpha value is -2.61. The number of hydrogen-bond acceptors (Lipinski definition) is 4. The van der Waals surface area contributed by atoms with E-state index in [2.05, 4.69) is 4.72 Å². The van der Waals surface area contributed by atoms with Crippen molar-refractivity contribution in [3.63, 3.8) is 0 Å². The number of carbonyl (C=O) groups excluding carboxylic acids is 1. The summed E-state index contributed by atoms with van der Waals surface area (Å²) in [6.45, 7) is 7.65. The number of halogens is 1. The quantitative estimate of drug-likeness (QED) is 0.840. The van der Waals surface area contributed by atoms with E-state index in [4.69, 9.17) is 4.74 Å². The van der Waals surface area contributed by atoms with E-state index in [-0.39, 0.29) is 23.1 Å². The number of carbonyl (C=O) groups is 1. The molecule has 0 atom stereocenters. The van der Waals surface area contributed by atoms with E-state index >= 15 is 0 Å². The van der Waals surface area contributed by atoms with Gasteiger partial charge in [0.15, 0.2) is 0 Å². The van der Waals surface area contributed by atoms with Crippen molar-refractivity contribution in [2.24, 2.45) is 5.41 Å². The lowest BCUT2D eigenvalue weighted by molar-refractivity contribution is -0.127. The van der Waals surface area contributed by atoms with Crippen LogP contribution in [0, 0.1) is 18.2 Å². The van der Waals surface area contributed by atoms with Crippen LogP contribution in [0.15, 0.2) is 41.3 Å². The minimum atomic E-state index is -3.92. The Balaban J connectivity index is 1.99. The number of aryl methyl sites for hydroxylation is 1. The van der Waals surface area contributed by atoms with Crippen molar-refractivity contribution >= 4 is 27.3 Å². The van der Waals surface area contributed by atoms with E-state index in [1.165, 1.54) is 19.1 Å². The SMILES string of the molecule is CCN1C(=O)C(C)(C)COc2ccc(NS(=O)(=O)c3ccc(F)cc3C)cc21. The van der Waals surface area contributed by atoms with Gasteiger partial charge in [0.2, 0.25) is 5.91 Å². The molecule has 0 spiro atoms. The van der Waals surface area contributed by atoms with Crippen molar-refractivity contribution < 1.29 is 22.3 Å². The molecule has 0 aliphatic carbocycles. The van der Waals surface area contributed by atoms with Gasteiger partial charge in [-0.05, 0) is 69.7 Å². The summed E-state index contributed by atoms with van der Waals surface area (Å²) in [7, 11) is -3.92. The van der Waals surface area contributed by atoms with Gasteiger partial charge >= 0.3 is 0 Å². The van der Waals surface area contributed by atoms with Crippen molar-refractivity contribution in [3.05, 3.63) is 47.8 Å². The standard InChI is InChI=1S/C20H23FN2O4S/c1-5-23-16-11-15(7-8-17(16)27-12-20(3,4)19(23)24)22-28(25,26)18-9-6-14(21)10-13(18)2/h6-11,22H,5,12H2,1-4H3. The number of rotatable bonds is 4. The van der Waals surface area contributed by atoms with Gasteiger partial charge in [0, 0.05) is 6.54 Å². The lowest BCUT2D eigenvalue weighted by Crippen LogP contribution is -2.42. The fourth-order valence-electron chi connectivity index (χ4n) is 3.15.